The van der Waals surface area contributed by atoms with Crippen LogP contribution in [0.2, 0.25) is 0 Å². The Labute approximate surface area is 124 Å². The Morgan fingerprint density at radius 2 is 2.00 bits per heavy atom. The van der Waals surface area contributed by atoms with Gasteiger partial charge in [-0.15, -0.1) is 0 Å². The van der Waals surface area contributed by atoms with Crippen LogP contribution in [0, 0.1) is 11.3 Å². The number of amides is 1. The molecule has 0 fully saturated rings. The molecule has 0 saturated carbocycles. The van der Waals surface area contributed by atoms with Gasteiger partial charge in [0.25, 0.3) is 5.91 Å². The highest BCUT2D eigenvalue weighted by Crippen LogP contribution is 2.16. The van der Waals surface area contributed by atoms with Gasteiger partial charge >= 0.3 is 0 Å². The van der Waals surface area contributed by atoms with Gasteiger partial charge in [-0.2, -0.15) is 5.26 Å². The lowest BCUT2D eigenvalue weighted by Crippen LogP contribution is -2.12. The van der Waals surface area contributed by atoms with E-state index in [-0.39, 0.29) is 5.91 Å². The van der Waals surface area contributed by atoms with Crippen LogP contribution < -0.4 is 10.1 Å². The van der Waals surface area contributed by atoms with Gasteiger partial charge in [0.2, 0.25) is 0 Å². The second kappa shape index (κ2) is 7.11. The molecule has 1 amide bonds. The molecule has 0 aliphatic rings. The van der Waals surface area contributed by atoms with Crippen molar-refractivity contribution in [1.29, 1.82) is 5.26 Å². The predicted molar refractivity (Wildman–Crippen MR) is 81.3 cm³/mol. The van der Waals surface area contributed by atoms with Crippen molar-refractivity contribution < 1.29 is 9.53 Å². The highest BCUT2D eigenvalue weighted by molar-refractivity contribution is 6.04. The van der Waals surface area contributed by atoms with Crippen molar-refractivity contribution in [3.05, 3.63) is 59.7 Å². The van der Waals surface area contributed by atoms with E-state index < -0.39 is 0 Å². The zero-order valence-electron chi connectivity index (χ0n) is 11.8. The fourth-order valence-electron chi connectivity index (χ4n) is 1.89. The molecule has 0 aliphatic carbocycles. The molecule has 0 heterocycles. The summed E-state index contributed by atoms with van der Waals surface area (Å²) in [5, 5.41) is 11.4. The van der Waals surface area contributed by atoms with Gasteiger partial charge in [0, 0.05) is 11.3 Å². The highest BCUT2D eigenvalue weighted by Gasteiger charge is 2.07. The van der Waals surface area contributed by atoms with Crippen LogP contribution in [0.1, 0.15) is 22.8 Å². The minimum atomic E-state index is -0.190. The molecule has 4 nitrogen and oxygen atoms in total. The third kappa shape index (κ3) is 4.08. The lowest BCUT2D eigenvalue weighted by atomic mass is 10.1. The number of nitrogens with zero attached hydrogens (tertiary/aromatic N) is 1. The molecule has 1 N–H and O–H groups in total. The van der Waals surface area contributed by atoms with E-state index in [0.29, 0.717) is 30.0 Å². The molecule has 106 valence electrons. The zero-order chi connectivity index (χ0) is 15.1. The number of hydrogen-bond donors (Lipinski definition) is 1. The number of carbonyl (C=O) groups excluding carboxylic acids is 1. The van der Waals surface area contributed by atoms with Crippen molar-refractivity contribution in [2.75, 3.05) is 11.9 Å². The van der Waals surface area contributed by atoms with E-state index in [1.807, 2.05) is 25.1 Å². The largest absolute Gasteiger partial charge is 0.494 e. The van der Waals surface area contributed by atoms with Crippen LogP contribution in [-0.2, 0) is 6.42 Å². The molecule has 2 rings (SSSR count). The maximum Gasteiger partial charge on any atom is 0.255 e. The maximum absolute atomic E-state index is 12.2. The van der Waals surface area contributed by atoms with E-state index in [9.17, 15) is 4.79 Å². The first-order chi connectivity index (χ1) is 10.2. The highest BCUT2D eigenvalue weighted by atomic mass is 16.5. The lowest BCUT2D eigenvalue weighted by Gasteiger charge is -2.08. The zero-order valence-corrected chi connectivity index (χ0v) is 11.8. The third-order valence-corrected chi connectivity index (χ3v) is 2.90. The monoisotopic (exact) mass is 280 g/mol. The SMILES string of the molecule is CCOc1cccc(C(=O)Nc2ccc(CC#N)cc2)c1. The Balaban J connectivity index is 2.07. The van der Waals surface area contributed by atoms with Gasteiger partial charge in [-0.05, 0) is 42.8 Å². The van der Waals surface area contributed by atoms with Gasteiger partial charge in [0.15, 0.2) is 0 Å². The molecule has 21 heavy (non-hydrogen) atoms. The number of anilines is 1. The first-order valence-corrected chi connectivity index (χ1v) is 6.73. The summed E-state index contributed by atoms with van der Waals surface area (Å²) in [7, 11) is 0. The van der Waals surface area contributed by atoms with Gasteiger partial charge in [-0.25, -0.2) is 0 Å². The lowest BCUT2D eigenvalue weighted by molar-refractivity contribution is 0.102. The van der Waals surface area contributed by atoms with Crippen molar-refractivity contribution in [3.63, 3.8) is 0 Å². The summed E-state index contributed by atoms with van der Waals surface area (Å²) >= 11 is 0. The molecule has 0 saturated heterocycles. The Kier molecular flexibility index (Phi) is 4.94. The molecule has 0 unspecified atom stereocenters. The molecule has 0 aromatic heterocycles. The minimum Gasteiger partial charge on any atom is -0.494 e. The predicted octanol–water partition coefficient (Wildman–Crippen LogP) is 3.40. The fourth-order valence-corrected chi connectivity index (χ4v) is 1.89. The van der Waals surface area contributed by atoms with Crippen molar-refractivity contribution >= 4 is 11.6 Å². The van der Waals surface area contributed by atoms with Gasteiger partial charge in [-0.3, -0.25) is 4.79 Å². The number of benzene rings is 2. The van der Waals surface area contributed by atoms with E-state index in [1.165, 1.54) is 0 Å². The number of hydrogen-bond acceptors (Lipinski definition) is 3. The Bertz CT molecular complexity index is 657. The normalized spacial score (nSPS) is 9.71. The molecule has 0 spiro atoms. The average molecular weight is 280 g/mol. The van der Waals surface area contributed by atoms with Crippen molar-refractivity contribution in [2.45, 2.75) is 13.3 Å². The van der Waals surface area contributed by atoms with Crippen molar-refractivity contribution in [2.24, 2.45) is 0 Å². The summed E-state index contributed by atoms with van der Waals surface area (Å²) in [6.07, 6.45) is 0.366. The molecule has 0 atom stereocenters. The van der Waals surface area contributed by atoms with E-state index in [2.05, 4.69) is 11.4 Å². The molecule has 2 aromatic carbocycles. The second-order valence-corrected chi connectivity index (χ2v) is 4.45. The first-order valence-electron chi connectivity index (χ1n) is 6.73. The van der Waals surface area contributed by atoms with E-state index in [0.717, 1.165) is 5.56 Å². The molecule has 2 aromatic rings. The third-order valence-electron chi connectivity index (χ3n) is 2.90. The topological polar surface area (TPSA) is 62.1 Å². The van der Waals surface area contributed by atoms with Crippen LogP contribution in [0.5, 0.6) is 5.75 Å². The second-order valence-electron chi connectivity index (χ2n) is 4.45. The summed E-state index contributed by atoms with van der Waals surface area (Å²) in [5.74, 6) is 0.485. The molecule has 4 heteroatoms. The quantitative estimate of drug-likeness (QED) is 0.913. The van der Waals surface area contributed by atoms with Crippen molar-refractivity contribution in [3.8, 4) is 11.8 Å². The number of nitrogens with one attached hydrogen (secondary N) is 1. The summed E-state index contributed by atoms with van der Waals surface area (Å²) < 4.78 is 5.38. The van der Waals surface area contributed by atoms with Crippen LogP contribution in [-0.4, -0.2) is 12.5 Å². The van der Waals surface area contributed by atoms with E-state index in [1.54, 1.807) is 30.3 Å². The van der Waals surface area contributed by atoms with Gasteiger partial charge < -0.3 is 10.1 Å². The minimum absolute atomic E-state index is 0.190. The fraction of sp³-hybridized carbons (Fsp3) is 0.176. The van der Waals surface area contributed by atoms with Crippen LogP contribution in [0.4, 0.5) is 5.69 Å². The Hall–Kier alpha value is -2.80. The molecule has 0 aliphatic heterocycles. The van der Waals surface area contributed by atoms with E-state index >= 15 is 0 Å². The standard InChI is InChI=1S/C17H16N2O2/c1-2-21-16-5-3-4-14(12-16)17(20)19-15-8-6-13(7-9-15)10-11-18/h3-9,12H,2,10H2,1H3,(H,19,20). The molecular formula is C17H16N2O2. The number of rotatable bonds is 5. The maximum atomic E-state index is 12.2. The summed E-state index contributed by atoms with van der Waals surface area (Å²) in [6, 6.07) is 16.4. The summed E-state index contributed by atoms with van der Waals surface area (Å²) in [6.45, 7) is 2.46. The van der Waals surface area contributed by atoms with Crippen molar-refractivity contribution in [1.82, 2.24) is 0 Å². The number of nitriles is 1. The van der Waals surface area contributed by atoms with Crippen LogP contribution in [0.15, 0.2) is 48.5 Å². The summed E-state index contributed by atoms with van der Waals surface area (Å²) in [4.78, 5) is 12.2. The Morgan fingerprint density at radius 3 is 2.67 bits per heavy atom. The number of carbonyl (C=O) groups is 1. The average Bonchev–Trinajstić information content (AvgIpc) is 2.50. The van der Waals surface area contributed by atoms with Gasteiger partial charge in [0.05, 0.1) is 19.1 Å². The first kappa shape index (κ1) is 14.6. The molecular weight excluding hydrogens is 264 g/mol. The molecule has 0 radical (unpaired) electrons. The van der Waals surface area contributed by atoms with Crippen LogP contribution in [0.25, 0.3) is 0 Å². The smallest absolute Gasteiger partial charge is 0.255 e. The van der Waals surface area contributed by atoms with Crippen LogP contribution >= 0.6 is 0 Å². The van der Waals surface area contributed by atoms with Crippen LogP contribution in [0.3, 0.4) is 0 Å². The number of ether oxygens (including phenoxy) is 1. The summed E-state index contributed by atoms with van der Waals surface area (Å²) in [5.41, 5.74) is 2.17. The van der Waals surface area contributed by atoms with Gasteiger partial charge in [-0.1, -0.05) is 18.2 Å². The molecule has 0 bridgehead atoms. The van der Waals surface area contributed by atoms with Gasteiger partial charge in [0.1, 0.15) is 5.75 Å². The Morgan fingerprint density at radius 1 is 1.24 bits per heavy atom. The van der Waals surface area contributed by atoms with E-state index in [4.69, 9.17) is 10.00 Å².